The Balaban J connectivity index is 1.50. The predicted octanol–water partition coefficient (Wildman–Crippen LogP) is 2.65. The number of pyridine rings is 1. The van der Waals surface area contributed by atoms with Gasteiger partial charge in [0.1, 0.15) is 5.75 Å². The van der Waals surface area contributed by atoms with Crippen LogP contribution in [0.2, 0.25) is 0 Å². The molecule has 1 aliphatic heterocycles. The third-order valence-corrected chi connectivity index (χ3v) is 4.78. The molecule has 5 heteroatoms. The molecule has 1 atom stereocenters. The summed E-state index contributed by atoms with van der Waals surface area (Å²) < 4.78 is 5.29. The minimum atomic E-state index is -0.0282. The monoisotopic (exact) mass is 339 g/mol. The highest BCUT2D eigenvalue weighted by molar-refractivity contribution is 5.96. The summed E-state index contributed by atoms with van der Waals surface area (Å²) in [6, 6.07) is 11.6. The first-order valence-corrected chi connectivity index (χ1v) is 8.71. The van der Waals surface area contributed by atoms with Crippen LogP contribution < -0.4 is 10.1 Å². The van der Waals surface area contributed by atoms with Crippen molar-refractivity contribution < 1.29 is 9.53 Å². The van der Waals surface area contributed by atoms with Gasteiger partial charge < -0.3 is 10.1 Å². The van der Waals surface area contributed by atoms with Gasteiger partial charge in [-0.1, -0.05) is 12.1 Å². The van der Waals surface area contributed by atoms with Crippen molar-refractivity contribution >= 4 is 5.91 Å². The fourth-order valence-electron chi connectivity index (χ4n) is 3.36. The number of carbonyl (C=O) groups excluding carboxylic acids is 1. The number of likely N-dealkylation sites (tertiary alicyclic amines) is 1. The van der Waals surface area contributed by atoms with Crippen molar-refractivity contribution in [2.45, 2.75) is 19.9 Å². The summed E-state index contributed by atoms with van der Waals surface area (Å²) in [7, 11) is 1.62. The highest BCUT2D eigenvalue weighted by atomic mass is 16.5. The number of hydrogen-bond acceptors (Lipinski definition) is 4. The van der Waals surface area contributed by atoms with E-state index in [4.69, 9.17) is 4.74 Å². The third-order valence-electron chi connectivity index (χ3n) is 4.78. The van der Waals surface area contributed by atoms with E-state index in [9.17, 15) is 4.79 Å². The molecule has 5 nitrogen and oxygen atoms in total. The normalized spacial score (nSPS) is 17.4. The van der Waals surface area contributed by atoms with Crippen molar-refractivity contribution in [3.8, 4) is 5.75 Å². The van der Waals surface area contributed by atoms with Gasteiger partial charge >= 0.3 is 0 Å². The lowest BCUT2D eigenvalue weighted by atomic mass is 10.1. The number of nitrogens with zero attached hydrogens (tertiary/aromatic N) is 2. The van der Waals surface area contributed by atoms with Gasteiger partial charge in [-0.15, -0.1) is 0 Å². The van der Waals surface area contributed by atoms with Crippen LogP contribution in [0.25, 0.3) is 0 Å². The van der Waals surface area contributed by atoms with Gasteiger partial charge in [-0.3, -0.25) is 14.7 Å². The van der Waals surface area contributed by atoms with Crippen molar-refractivity contribution in [1.29, 1.82) is 0 Å². The Morgan fingerprint density at radius 3 is 2.96 bits per heavy atom. The summed E-state index contributed by atoms with van der Waals surface area (Å²) in [5.74, 6) is 1.20. The molecule has 1 fully saturated rings. The van der Waals surface area contributed by atoms with Crippen molar-refractivity contribution in [2.24, 2.45) is 5.92 Å². The molecule has 0 saturated carbocycles. The van der Waals surface area contributed by atoms with E-state index in [0.717, 1.165) is 43.1 Å². The first-order valence-electron chi connectivity index (χ1n) is 8.71. The number of hydrogen-bond donors (Lipinski definition) is 1. The van der Waals surface area contributed by atoms with E-state index >= 15 is 0 Å². The number of aromatic nitrogens is 1. The van der Waals surface area contributed by atoms with Gasteiger partial charge in [0.05, 0.1) is 12.8 Å². The van der Waals surface area contributed by atoms with Crippen LogP contribution in [0.5, 0.6) is 5.75 Å². The lowest BCUT2D eigenvalue weighted by Crippen LogP contribution is -2.31. The first-order chi connectivity index (χ1) is 12.2. The van der Waals surface area contributed by atoms with Crippen LogP contribution in [-0.2, 0) is 6.54 Å². The number of amides is 1. The number of nitrogens with one attached hydrogen (secondary N) is 1. The molecule has 2 aromatic rings. The minimum Gasteiger partial charge on any atom is -0.496 e. The number of carbonyl (C=O) groups is 1. The topological polar surface area (TPSA) is 54.5 Å². The fraction of sp³-hybridized carbons (Fsp3) is 0.400. The van der Waals surface area contributed by atoms with Crippen LogP contribution in [0.1, 0.15) is 28.0 Å². The highest BCUT2D eigenvalue weighted by Crippen LogP contribution is 2.21. The molecule has 1 saturated heterocycles. The Bertz CT molecular complexity index is 718. The molecule has 2 heterocycles. The summed E-state index contributed by atoms with van der Waals surface area (Å²) >= 11 is 0. The zero-order valence-electron chi connectivity index (χ0n) is 14.9. The largest absolute Gasteiger partial charge is 0.496 e. The van der Waals surface area contributed by atoms with E-state index in [0.29, 0.717) is 18.0 Å². The van der Waals surface area contributed by atoms with E-state index in [-0.39, 0.29) is 5.91 Å². The zero-order valence-corrected chi connectivity index (χ0v) is 14.9. The van der Waals surface area contributed by atoms with Crippen molar-refractivity contribution in [3.05, 3.63) is 59.4 Å². The highest BCUT2D eigenvalue weighted by Gasteiger charge is 2.23. The average molecular weight is 339 g/mol. The summed E-state index contributed by atoms with van der Waals surface area (Å²) in [5, 5.41) is 3.08. The standard InChI is InChI=1S/C20H25N3O2/c1-15-18(7-5-8-19(15)25-2)20(24)22-12-16-9-11-23(13-16)14-17-6-3-4-10-21-17/h3-8,10,16H,9,11-14H2,1-2H3,(H,22,24)/t16-/m0/s1. The number of methoxy groups -OCH3 is 1. The van der Waals surface area contributed by atoms with Gasteiger partial charge in [-0.25, -0.2) is 0 Å². The maximum atomic E-state index is 12.5. The second kappa shape index (κ2) is 8.12. The van der Waals surface area contributed by atoms with Crippen LogP contribution in [0.4, 0.5) is 0 Å². The molecule has 3 rings (SSSR count). The van der Waals surface area contributed by atoms with Crippen LogP contribution in [0.3, 0.4) is 0 Å². The van der Waals surface area contributed by atoms with Gasteiger partial charge in [0.2, 0.25) is 0 Å². The van der Waals surface area contributed by atoms with Crippen LogP contribution in [-0.4, -0.2) is 42.5 Å². The molecular weight excluding hydrogens is 314 g/mol. The number of rotatable bonds is 6. The summed E-state index contributed by atoms with van der Waals surface area (Å²) in [5.41, 5.74) is 2.66. The van der Waals surface area contributed by atoms with E-state index in [1.54, 1.807) is 7.11 Å². The summed E-state index contributed by atoms with van der Waals surface area (Å²) in [4.78, 5) is 19.3. The maximum absolute atomic E-state index is 12.5. The van der Waals surface area contributed by atoms with Crippen molar-refractivity contribution in [1.82, 2.24) is 15.2 Å². The molecule has 25 heavy (non-hydrogen) atoms. The Labute approximate surface area is 149 Å². The van der Waals surface area contributed by atoms with Crippen molar-refractivity contribution in [2.75, 3.05) is 26.7 Å². The minimum absolute atomic E-state index is 0.0282. The van der Waals surface area contributed by atoms with Crippen LogP contribution >= 0.6 is 0 Å². The lowest BCUT2D eigenvalue weighted by molar-refractivity contribution is 0.0946. The molecule has 0 aliphatic carbocycles. The van der Waals surface area contributed by atoms with Crippen LogP contribution in [0, 0.1) is 12.8 Å². The smallest absolute Gasteiger partial charge is 0.251 e. The predicted molar refractivity (Wildman–Crippen MR) is 97.7 cm³/mol. The number of benzene rings is 1. The summed E-state index contributed by atoms with van der Waals surface area (Å²) in [6.07, 6.45) is 2.93. The molecule has 1 aromatic carbocycles. The molecule has 0 unspecified atom stereocenters. The molecule has 1 aromatic heterocycles. The van der Waals surface area contributed by atoms with E-state index in [1.165, 1.54) is 0 Å². The molecule has 1 N–H and O–H groups in total. The fourth-order valence-corrected chi connectivity index (χ4v) is 3.36. The van der Waals surface area contributed by atoms with Crippen LogP contribution in [0.15, 0.2) is 42.6 Å². The number of ether oxygens (including phenoxy) is 1. The SMILES string of the molecule is COc1cccc(C(=O)NC[C@@H]2CCN(Cc3ccccn3)C2)c1C. The first kappa shape index (κ1) is 17.4. The van der Waals surface area contributed by atoms with E-state index in [2.05, 4.69) is 21.3 Å². The Morgan fingerprint density at radius 2 is 2.20 bits per heavy atom. The second-order valence-corrected chi connectivity index (χ2v) is 6.55. The second-order valence-electron chi connectivity index (χ2n) is 6.55. The van der Waals surface area contributed by atoms with Gasteiger partial charge in [-0.2, -0.15) is 0 Å². The molecule has 132 valence electrons. The van der Waals surface area contributed by atoms with Crippen molar-refractivity contribution in [3.63, 3.8) is 0 Å². The Morgan fingerprint density at radius 1 is 1.32 bits per heavy atom. The summed E-state index contributed by atoms with van der Waals surface area (Å²) in [6.45, 7) is 5.54. The average Bonchev–Trinajstić information content (AvgIpc) is 3.08. The maximum Gasteiger partial charge on any atom is 0.251 e. The Hall–Kier alpha value is -2.40. The quantitative estimate of drug-likeness (QED) is 0.879. The van der Waals surface area contributed by atoms with Gasteiger partial charge in [0.15, 0.2) is 0 Å². The van der Waals surface area contributed by atoms with Gasteiger partial charge in [0.25, 0.3) is 5.91 Å². The molecule has 0 radical (unpaired) electrons. The lowest BCUT2D eigenvalue weighted by Gasteiger charge is -2.16. The van der Waals surface area contributed by atoms with Gasteiger partial charge in [0, 0.05) is 37.0 Å². The molecule has 1 amide bonds. The zero-order chi connectivity index (χ0) is 17.6. The molecule has 1 aliphatic rings. The molecule has 0 bridgehead atoms. The van der Waals surface area contributed by atoms with E-state index in [1.807, 2.05) is 43.5 Å². The van der Waals surface area contributed by atoms with E-state index < -0.39 is 0 Å². The third kappa shape index (κ3) is 4.37. The van der Waals surface area contributed by atoms with Gasteiger partial charge in [-0.05, 0) is 50.1 Å². The molecular formula is C20H25N3O2. The molecule has 0 spiro atoms. The Kier molecular flexibility index (Phi) is 5.66.